The van der Waals surface area contributed by atoms with Gasteiger partial charge in [0.15, 0.2) is 0 Å². The molecule has 7 nitrogen and oxygen atoms in total. The zero-order valence-corrected chi connectivity index (χ0v) is 18.8. The van der Waals surface area contributed by atoms with Crippen LogP contribution in [0.1, 0.15) is 30.9 Å². The van der Waals surface area contributed by atoms with Crippen molar-refractivity contribution in [3.63, 3.8) is 0 Å². The Kier molecular flexibility index (Phi) is 7.72. The van der Waals surface area contributed by atoms with Gasteiger partial charge in [0.25, 0.3) is 0 Å². The summed E-state index contributed by atoms with van der Waals surface area (Å²) >= 11 is 1.32. The van der Waals surface area contributed by atoms with E-state index in [4.69, 9.17) is 0 Å². The van der Waals surface area contributed by atoms with Crippen LogP contribution in [0.4, 0.5) is 15.6 Å². The number of aromatic nitrogens is 2. The average molecular weight is 438 g/mol. The van der Waals surface area contributed by atoms with Gasteiger partial charge in [0, 0.05) is 30.8 Å². The lowest BCUT2D eigenvalue weighted by molar-refractivity contribution is -0.116. The smallest absolute Gasteiger partial charge is 0.321 e. The molecule has 0 fully saturated rings. The van der Waals surface area contributed by atoms with E-state index in [1.54, 1.807) is 4.90 Å². The van der Waals surface area contributed by atoms with Crippen molar-refractivity contribution < 1.29 is 9.59 Å². The van der Waals surface area contributed by atoms with Crippen molar-refractivity contribution in [1.82, 2.24) is 15.1 Å². The molecular weight excluding hydrogens is 410 g/mol. The highest BCUT2D eigenvalue weighted by molar-refractivity contribution is 7.18. The molecule has 31 heavy (non-hydrogen) atoms. The molecule has 0 radical (unpaired) electrons. The lowest BCUT2D eigenvalue weighted by atomic mass is 10.1. The molecule has 0 aliphatic rings. The molecule has 0 saturated carbocycles. The molecule has 1 heterocycles. The lowest BCUT2D eigenvalue weighted by Crippen LogP contribution is -2.37. The van der Waals surface area contributed by atoms with E-state index >= 15 is 0 Å². The zero-order chi connectivity index (χ0) is 22.2. The molecule has 0 saturated heterocycles. The molecule has 162 valence electrons. The van der Waals surface area contributed by atoms with Gasteiger partial charge in [0.1, 0.15) is 5.01 Å². The Morgan fingerprint density at radius 2 is 1.77 bits per heavy atom. The first kappa shape index (κ1) is 22.4. The molecule has 3 amide bonds. The van der Waals surface area contributed by atoms with Gasteiger partial charge in [-0.05, 0) is 31.9 Å². The molecule has 0 aliphatic carbocycles. The average Bonchev–Trinajstić information content (AvgIpc) is 3.22. The fourth-order valence-electron chi connectivity index (χ4n) is 3.12. The van der Waals surface area contributed by atoms with Crippen molar-refractivity contribution >= 4 is 34.1 Å². The summed E-state index contributed by atoms with van der Waals surface area (Å²) in [6.45, 7) is 6.87. The van der Waals surface area contributed by atoms with Crippen LogP contribution in [0.2, 0.25) is 0 Å². The van der Waals surface area contributed by atoms with Crippen molar-refractivity contribution in [2.75, 3.05) is 23.7 Å². The maximum atomic E-state index is 12.7. The number of urea groups is 1. The molecule has 2 N–H and O–H groups in total. The van der Waals surface area contributed by atoms with Crippen LogP contribution in [-0.2, 0) is 4.79 Å². The Balaban J connectivity index is 1.55. The van der Waals surface area contributed by atoms with E-state index in [0.29, 0.717) is 18.2 Å². The number of anilines is 2. The van der Waals surface area contributed by atoms with Crippen molar-refractivity contribution in [2.24, 2.45) is 0 Å². The number of rotatable bonds is 8. The third-order valence-corrected chi connectivity index (χ3v) is 5.59. The predicted molar refractivity (Wildman–Crippen MR) is 125 cm³/mol. The summed E-state index contributed by atoms with van der Waals surface area (Å²) in [6, 6.07) is 15.4. The standard InChI is InChI=1S/C23H27N5O2S/c1-4-13-28(23(30)24-19-11-10-16(2)15-17(19)3)14-12-20(29)25-22-27-26-21(31-22)18-8-6-5-7-9-18/h5-11,15H,4,12-14H2,1-3H3,(H,24,30)(H,25,27,29). The fraction of sp³-hybridized carbons (Fsp3) is 0.304. The molecular formula is C23H27N5O2S. The monoisotopic (exact) mass is 437 g/mol. The first-order valence-electron chi connectivity index (χ1n) is 10.3. The van der Waals surface area contributed by atoms with Gasteiger partial charge in [0.2, 0.25) is 11.0 Å². The first-order valence-corrected chi connectivity index (χ1v) is 11.1. The van der Waals surface area contributed by atoms with Crippen molar-refractivity contribution in [3.8, 4) is 10.6 Å². The van der Waals surface area contributed by atoms with Crippen LogP contribution in [0.25, 0.3) is 10.6 Å². The Labute approximate surface area is 186 Å². The van der Waals surface area contributed by atoms with Crippen LogP contribution < -0.4 is 10.6 Å². The third-order valence-electron chi connectivity index (χ3n) is 4.71. The van der Waals surface area contributed by atoms with Gasteiger partial charge >= 0.3 is 6.03 Å². The highest BCUT2D eigenvalue weighted by Gasteiger charge is 2.16. The molecule has 8 heteroatoms. The summed E-state index contributed by atoms with van der Waals surface area (Å²) in [4.78, 5) is 26.8. The zero-order valence-electron chi connectivity index (χ0n) is 18.0. The predicted octanol–water partition coefficient (Wildman–Crippen LogP) is 5.09. The number of aryl methyl sites for hydroxylation is 2. The Morgan fingerprint density at radius 1 is 1.00 bits per heavy atom. The number of amides is 3. The maximum absolute atomic E-state index is 12.7. The molecule has 1 aromatic heterocycles. The summed E-state index contributed by atoms with van der Waals surface area (Å²) in [5, 5.41) is 15.1. The normalized spacial score (nSPS) is 10.5. The van der Waals surface area contributed by atoms with Gasteiger partial charge < -0.3 is 15.5 Å². The molecule has 3 rings (SSSR count). The number of carbonyl (C=O) groups excluding carboxylic acids is 2. The summed E-state index contributed by atoms with van der Waals surface area (Å²) < 4.78 is 0. The van der Waals surface area contributed by atoms with Gasteiger partial charge in [-0.15, -0.1) is 10.2 Å². The number of nitrogens with zero attached hydrogens (tertiary/aromatic N) is 3. The van der Waals surface area contributed by atoms with E-state index in [0.717, 1.165) is 33.8 Å². The van der Waals surface area contributed by atoms with Crippen LogP contribution in [0.3, 0.4) is 0 Å². The molecule has 0 unspecified atom stereocenters. The number of hydrogen-bond acceptors (Lipinski definition) is 5. The Hall–Kier alpha value is -3.26. The first-order chi connectivity index (χ1) is 15.0. The molecule has 0 atom stereocenters. The summed E-state index contributed by atoms with van der Waals surface area (Å²) in [7, 11) is 0. The second-order valence-electron chi connectivity index (χ2n) is 7.31. The topological polar surface area (TPSA) is 87.2 Å². The summed E-state index contributed by atoms with van der Waals surface area (Å²) in [5.74, 6) is -0.198. The Bertz CT molecular complexity index is 1040. The van der Waals surface area contributed by atoms with E-state index in [1.807, 2.05) is 69.3 Å². The van der Waals surface area contributed by atoms with Crippen LogP contribution in [0.15, 0.2) is 48.5 Å². The number of nitrogens with one attached hydrogen (secondary N) is 2. The van der Waals surface area contributed by atoms with E-state index in [2.05, 4.69) is 20.8 Å². The SMILES string of the molecule is CCCN(CCC(=O)Nc1nnc(-c2ccccc2)s1)C(=O)Nc1ccc(C)cc1C. The summed E-state index contributed by atoms with van der Waals surface area (Å²) in [5.41, 5.74) is 3.89. The minimum absolute atomic E-state index is 0.181. The molecule has 3 aromatic rings. The summed E-state index contributed by atoms with van der Waals surface area (Å²) in [6.07, 6.45) is 0.985. The van der Waals surface area contributed by atoms with Gasteiger partial charge in [0.05, 0.1) is 0 Å². The highest BCUT2D eigenvalue weighted by Crippen LogP contribution is 2.26. The van der Waals surface area contributed by atoms with Crippen LogP contribution >= 0.6 is 11.3 Å². The van der Waals surface area contributed by atoms with E-state index < -0.39 is 0 Å². The number of carbonyl (C=O) groups is 2. The van der Waals surface area contributed by atoms with Crippen molar-refractivity contribution in [1.29, 1.82) is 0 Å². The molecule has 0 aliphatic heterocycles. The minimum Gasteiger partial charge on any atom is -0.324 e. The quantitative estimate of drug-likeness (QED) is 0.514. The highest BCUT2D eigenvalue weighted by atomic mass is 32.1. The number of benzene rings is 2. The molecule has 0 spiro atoms. The van der Waals surface area contributed by atoms with Crippen LogP contribution in [0.5, 0.6) is 0 Å². The lowest BCUT2D eigenvalue weighted by Gasteiger charge is -2.23. The van der Waals surface area contributed by atoms with E-state index in [-0.39, 0.29) is 18.4 Å². The second kappa shape index (κ2) is 10.7. The molecule has 2 aromatic carbocycles. The van der Waals surface area contributed by atoms with Crippen LogP contribution in [0, 0.1) is 13.8 Å². The van der Waals surface area contributed by atoms with Gasteiger partial charge in [-0.2, -0.15) is 0 Å². The maximum Gasteiger partial charge on any atom is 0.321 e. The van der Waals surface area contributed by atoms with Crippen LogP contribution in [-0.4, -0.2) is 40.1 Å². The second-order valence-corrected chi connectivity index (χ2v) is 8.29. The van der Waals surface area contributed by atoms with E-state index in [9.17, 15) is 9.59 Å². The van der Waals surface area contributed by atoms with Gasteiger partial charge in [-0.1, -0.05) is 66.3 Å². The Morgan fingerprint density at radius 3 is 2.48 bits per heavy atom. The minimum atomic E-state index is -0.205. The van der Waals surface area contributed by atoms with Crippen molar-refractivity contribution in [2.45, 2.75) is 33.6 Å². The van der Waals surface area contributed by atoms with Gasteiger partial charge in [-0.25, -0.2) is 4.79 Å². The fourth-order valence-corrected chi connectivity index (χ4v) is 3.89. The third kappa shape index (κ3) is 6.36. The van der Waals surface area contributed by atoms with E-state index in [1.165, 1.54) is 11.3 Å². The van der Waals surface area contributed by atoms with Gasteiger partial charge in [-0.3, -0.25) is 4.79 Å². The largest absolute Gasteiger partial charge is 0.324 e. The van der Waals surface area contributed by atoms with Crippen molar-refractivity contribution in [3.05, 3.63) is 59.7 Å². The molecule has 0 bridgehead atoms. The number of hydrogen-bond donors (Lipinski definition) is 2.